The lowest BCUT2D eigenvalue weighted by Gasteiger charge is -2.05. The zero-order valence-corrected chi connectivity index (χ0v) is 7.65. The second kappa shape index (κ2) is 3.30. The molecule has 0 fully saturated rings. The van der Waals surface area contributed by atoms with E-state index in [2.05, 4.69) is 21.4 Å². The second-order valence-corrected chi connectivity index (χ2v) is 2.78. The monoisotopic (exact) mass is 184 g/mol. The van der Waals surface area contributed by atoms with E-state index in [0.717, 1.165) is 16.7 Å². The predicted molar refractivity (Wildman–Crippen MR) is 53.8 cm³/mol. The normalized spacial score (nSPS) is 9.71. The molecular formula is C10H8N4. The maximum atomic E-state index is 8.85. The molecule has 4 nitrogen and oxygen atoms in total. The van der Waals surface area contributed by atoms with Crippen LogP contribution >= 0.6 is 0 Å². The van der Waals surface area contributed by atoms with Gasteiger partial charge >= 0.3 is 0 Å². The van der Waals surface area contributed by atoms with Gasteiger partial charge in [0, 0.05) is 19.4 Å². The zero-order valence-electron chi connectivity index (χ0n) is 7.65. The van der Waals surface area contributed by atoms with E-state index in [4.69, 9.17) is 5.26 Å². The molecule has 0 atom stereocenters. The highest BCUT2D eigenvalue weighted by Crippen LogP contribution is 2.22. The first-order chi connectivity index (χ1) is 6.86. The van der Waals surface area contributed by atoms with Gasteiger partial charge in [0.05, 0.1) is 16.8 Å². The van der Waals surface area contributed by atoms with Gasteiger partial charge in [-0.2, -0.15) is 5.26 Å². The number of nitrogens with zero attached hydrogens (tertiary/aromatic N) is 3. The van der Waals surface area contributed by atoms with E-state index in [9.17, 15) is 0 Å². The van der Waals surface area contributed by atoms with Crippen LogP contribution in [0.15, 0.2) is 24.5 Å². The van der Waals surface area contributed by atoms with Crippen molar-refractivity contribution in [2.75, 3.05) is 12.4 Å². The number of hydrogen-bond acceptors (Lipinski definition) is 4. The summed E-state index contributed by atoms with van der Waals surface area (Å²) in [7, 11) is 1.77. The van der Waals surface area contributed by atoms with Crippen molar-refractivity contribution in [1.29, 1.82) is 5.26 Å². The Balaban J connectivity index is 2.85. The molecular weight excluding hydrogens is 176 g/mol. The number of pyridine rings is 2. The molecule has 0 aromatic carbocycles. The van der Waals surface area contributed by atoms with E-state index in [-0.39, 0.29) is 0 Å². The third-order valence-electron chi connectivity index (χ3n) is 2.00. The van der Waals surface area contributed by atoms with Crippen molar-refractivity contribution >= 4 is 16.7 Å². The summed E-state index contributed by atoms with van der Waals surface area (Å²) < 4.78 is 0. The Morgan fingerprint density at radius 2 is 2.29 bits per heavy atom. The Kier molecular flexibility index (Phi) is 1.99. The molecule has 0 unspecified atom stereocenters. The summed E-state index contributed by atoms with van der Waals surface area (Å²) in [6.45, 7) is 0. The molecule has 0 saturated carbocycles. The highest BCUT2D eigenvalue weighted by Gasteiger charge is 2.06. The number of nitrogens with one attached hydrogen (secondary N) is 1. The summed E-state index contributed by atoms with van der Waals surface area (Å²) in [5.74, 6) is 0. The predicted octanol–water partition coefficient (Wildman–Crippen LogP) is 1.54. The maximum Gasteiger partial charge on any atom is 0.113 e. The molecule has 2 aromatic rings. The number of rotatable bonds is 1. The number of aromatic nitrogens is 2. The number of nitriles is 1. The van der Waals surface area contributed by atoms with Gasteiger partial charge in [0.2, 0.25) is 0 Å². The van der Waals surface area contributed by atoms with Crippen molar-refractivity contribution in [3.05, 3.63) is 30.1 Å². The molecule has 2 heterocycles. The summed E-state index contributed by atoms with van der Waals surface area (Å²) in [6.07, 6.45) is 3.24. The molecule has 0 aliphatic heterocycles. The number of hydrogen-bond donors (Lipinski definition) is 1. The fraction of sp³-hybridized carbons (Fsp3) is 0.100. The van der Waals surface area contributed by atoms with Crippen LogP contribution in [0.1, 0.15) is 5.56 Å². The second-order valence-electron chi connectivity index (χ2n) is 2.78. The summed E-state index contributed by atoms with van der Waals surface area (Å²) in [5, 5.41) is 11.8. The van der Waals surface area contributed by atoms with Gasteiger partial charge < -0.3 is 5.32 Å². The minimum absolute atomic E-state index is 0.513. The van der Waals surface area contributed by atoms with Gasteiger partial charge in [0.15, 0.2) is 0 Å². The average molecular weight is 184 g/mol. The molecule has 0 bridgehead atoms. The van der Waals surface area contributed by atoms with Crippen molar-refractivity contribution in [2.45, 2.75) is 0 Å². The Morgan fingerprint density at radius 3 is 3.00 bits per heavy atom. The lowest BCUT2D eigenvalue weighted by Crippen LogP contribution is -1.96. The van der Waals surface area contributed by atoms with E-state index in [1.165, 1.54) is 0 Å². The topological polar surface area (TPSA) is 61.6 Å². The van der Waals surface area contributed by atoms with Crippen LogP contribution < -0.4 is 5.32 Å². The molecule has 4 heteroatoms. The van der Waals surface area contributed by atoms with E-state index in [0.29, 0.717) is 5.56 Å². The van der Waals surface area contributed by atoms with Crippen LogP contribution in [0.4, 0.5) is 5.69 Å². The Hall–Kier alpha value is -2.15. The van der Waals surface area contributed by atoms with Gasteiger partial charge in [-0.1, -0.05) is 0 Å². The standard InChI is InChI=1S/C10H8N4/c1-12-9-7(5-11)6-14-8-3-2-4-13-10(8)9/h2-4,6H,1H3,(H,12,14). The van der Waals surface area contributed by atoms with E-state index < -0.39 is 0 Å². The highest BCUT2D eigenvalue weighted by molar-refractivity contribution is 5.90. The van der Waals surface area contributed by atoms with E-state index in [1.807, 2.05) is 12.1 Å². The average Bonchev–Trinajstić information content (AvgIpc) is 2.27. The quantitative estimate of drug-likeness (QED) is 0.730. The fourth-order valence-electron chi connectivity index (χ4n) is 1.36. The molecule has 68 valence electrons. The first kappa shape index (κ1) is 8.45. The molecule has 0 saturated heterocycles. The lowest BCUT2D eigenvalue weighted by molar-refractivity contribution is 1.30. The van der Waals surface area contributed by atoms with E-state index >= 15 is 0 Å². The van der Waals surface area contributed by atoms with Crippen LogP contribution in [0.3, 0.4) is 0 Å². The van der Waals surface area contributed by atoms with Gasteiger partial charge in [-0.05, 0) is 12.1 Å². The van der Waals surface area contributed by atoms with Gasteiger partial charge in [-0.15, -0.1) is 0 Å². The van der Waals surface area contributed by atoms with Crippen molar-refractivity contribution in [3.8, 4) is 6.07 Å². The molecule has 2 aromatic heterocycles. The number of fused-ring (bicyclic) bond motifs is 1. The van der Waals surface area contributed by atoms with Gasteiger partial charge in [-0.25, -0.2) is 0 Å². The molecule has 0 aliphatic rings. The lowest BCUT2D eigenvalue weighted by atomic mass is 10.2. The van der Waals surface area contributed by atoms with Crippen LogP contribution in [-0.2, 0) is 0 Å². The van der Waals surface area contributed by atoms with Crippen molar-refractivity contribution in [2.24, 2.45) is 0 Å². The van der Waals surface area contributed by atoms with E-state index in [1.54, 1.807) is 19.4 Å². The summed E-state index contributed by atoms with van der Waals surface area (Å²) >= 11 is 0. The minimum atomic E-state index is 0.513. The van der Waals surface area contributed by atoms with Crippen molar-refractivity contribution in [3.63, 3.8) is 0 Å². The first-order valence-corrected chi connectivity index (χ1v) is 4.18. The Labute approximate surface area is 81.2 Å². The third-order valence-corrected chi connectivity index (χ3v) is 2.00. The summed E-state index contributed by atoms with van der Waals surface area (Å²) in [4.78, 5) is 8.32. The summed E-state index contributed by atoms with van der Waals surface area (Å²) in [5.41, 5.74) is 2.77. The van der Waals surface area contributed by atoms with Crippen LogP contribution in [0.2, 0.25) is 0 Å². The van der Waals surface area contributed by atoms with Gasteiger partial charge in [0.25, 0.3) is 0 Å². The molecule has 0 spiro atoms. The van der Waals surface area contributed by atoms with Gasteiger partial charge in [0.1, 0.15) is 11.6 Å². The molecule has 0 amide bonds. The Morgan fingerprint density at radius 1 is 1.43 bits per heavy atom. The molecule has 1 N–H and O–H groups in total. The smallest absolute Gasteiger partial charge is 0.113 e. The Bertz CT molecular complexity index is 513. The third kappa shape index (κ3) is 1.15. The molecule has 0 radical (unpaired) electrons. The fourth-order valence-corrected chi connectivity index (χ4v) is 1.36. The minimum Gasteiger partial charge on any atom is -0.385 e. The molecule has 0 aliphatic carbocycles. The van der Waals surface area contributed by atoms with Crippen molar-refractivity contribution < 1.29 is 0 Å². The van der Waals surface area contributed by atoms with Crippen LogP contribution in [-0.4, -0.2) is 17.0 Å². The largest absolute Gasteiger partial charge is 0.385 e. The SMILES string of the molecule is CNc1c(C#N)cnc2cccnc12. The summed E-state index contributed by atoms with van der Waals surface area (Å²) in [6, 6.07) is 5.76. The number of anilines is 1. The van der Waals surface area contributed by atoms with Crippen molar-refractivity contribution in [1.82, 2.24) is 9.97 Å². The van der Waals surface area contributed by atoms with Crippen LogP contribution in [0.5, 0.6) is 0 Å². The molecule has 14 heavy (non-hydrogen) atoms. The molecule has 2 rings (SSSR count). The maximum absolute atomic E-state index is 8.85. The zero-order chi connectivity index (χ0) is 9.97. The van der Waals surface area contributed by atoms with Gasteiger partial charge in [-0.3, -0.25) is 9.97 Å². The van der Waals surface area contributed by atoms with Crippen LogP contribution in [0.25, 0.3) is 11.0 Å². The van der Waals surface area contributed by atoms with Crippen LogP contribution in [0, 0.1) is 11.3 Å². The highest BCUT2D eigenvalue weighted by atomic mass is 14.9. The first-order valence-electron chi connectivity index (χ1n) is 4.18.